The lowest BCUT2D eigenvalue weighted by molar-refractivity contribution is -0.167. The molecule has 0 fully saturated rings. The Kier molecular flexibility index (Phi) is 61.9. The smallest absolute Gasteiger partial charge is 0.306 e. The van der Waals surface area contributed by atoms with Gasteiger partial charge >= 0.3 is 17.9 Å². The molecular weight excluding hydrogens is 973 g/mol. The van der Waals surface area contributed by atoms with E-state index in [-0.39, 0.29) is 37.5 Å². The van der Waals surface area contributed by atoms with Crippen LogP contribution >= 0.6 is 0 Å². The number of hydrogen-bond acceptors (Lipinski definition) is 6. The van der Waals surface area contributed by atoms with Crippen LogP contribution < -0.4 is 0 Å². The molecular formula is C73H118O6. The van der Waals surface area contributed by atoms with Crippen LogP contribution in [0.2, 0.25) is 0 Å². The normalized spacial score (nSPS) is 13.1. The van der Waals surface area contributed by atoms with Crippen LogP contribution in [0.15, 0.2) is 146 Å². The monoisotopic (exact) mass is 1090 g/mol. The van der Waals surface area contributed by atoms with Gasteiger partial charge in [0, 0.05) is 19.3 Å². The third-order valence-corrected chi connectivity index (χ3v) is 13.3. The van der Waals surface area contributed by atoms with E-state index in [9.17, 15) is 14.4 Å². The number of esters is 3. The first kappa shape index (κ1) is 74.3. The number of ether oxygens (including phenoxy) is 3. The highest BCUT2D eigenvalue weighted by Gasteiger charge is 2.19. The molecule has 0 N–H and O–H groups in total. The number of hydrogen-bond donors (Lipinski definition) is 0. The highest BCUT2D eigenvalue weighted by Crippen LogP contribution is 2.15. The van der Waals surface area contributed by atoms with Gasteiger partial charge in [-0.05, 0) is 122 Å². The molecule has 0 aromatic rings. The first-order chi connectivity index (χ1) is 39.0. The van der Waals surface area contributed by atoms with Gasteiger partial charge in [0.25, 0.3) is 0 Å². The molecule has 0 saturated heterocycles. The topological polar surface area (TPSA) is 78.9 Å². The van der Waals surface area contributed by atoms with E-state index in [2.05, 4.69) is 167 Å². The minimum absolute atomic E-state index is 0.101. The molecule has 0 aromatic heterocycles. The number of carbonyl (C=O) groups is 3. The van der Waals surface area contributed by atoms with Gasteiger partial charge in [-0.1, -0.05) is 282 Å². The maximum Gasteiger partial charge on any atom is 0.306 e. The first-order valence-corrected chi connectivity index (χ1v) is 32.3. The third kappa shape index (κ3) is 64.0. The summed E-state index contributed by atoms with van der Waals surface area (Å²) in [5, 5.41) is 0. The first-order valence-electron chi connectivity index (χ1n) is 32.3. The Morgan fingerprint density at radius 3 is 0.797 bits per heavy atom. The fraction of sp³-hybridized carbons (Fsp3) is 0.630. The standard InChI is InChI=1S/C73H118O6/c1-4-7-10-13-16-19-22-25-27-29-31-33-34-35-36-37-38-40-41-43-45-48-51-54-57-60-63-66-72(75)78-69-70(68-77-71(74)65-62-59-56-53-50-47-24-21-18-15-12-9-6-3)79-73(76)67-64-61-58-55-52-49-46-44-42-39-32-30-28-26-23-20-17-14-11-8-5-2/h7-8,10-11,16-17,19-20,25-28,31-33,35-36,38-40,44,46,52,55,70H,4-6,9,12-15,18,21-24,29-30,34,37,41-43,45,47-51,53-54,56-69H2,1-3H3/b10-7-,11-8-,19-16-,20-17-,27-25-,28-26-,33-31-,36-35-,39-32-,40-38-,46-44-,55-52-. The summed E-state index contributed by atoms with van der Waals surface area (Å²) in [6.45, 7) is 6.38. The minimum Gasteiger partial charge on any atom is -0.462 e. The largest absolute Gasteiger partial charge is 0.462 e. The van der Waals surface area contributed by atoms with Gasteiger partial charge in [0.1, 0.15) is 13.2 Å². The van der Waals surface area contributed by atoms with Crippen molar-refractivity contribution in [3.05, 3.63) is 146 Å². The third-order valence-electron chi connectivity index (χ3n) is 13.3. The van der Waals surface area contributed by atoms with Crippen LogP contribution in [-0.4, -0.2) is 37.2 Å². The summed E-state index contributed by atoms with van der Waals surface area (Å²) < 4.78 is 16.9. The maximum absolute atomic E-state index is 12.9. The van der Waals surface area contributed by atoms with Gasteiger partial charge in [0.15, 0.2) is 6.10 Å². The molecule has 0 heterocycles. The number of carbonyl (C=O) groups excluding carboxylic acids is 3. The Labute approximate surface area is 487 Å². The number of allylic oxidation sites excluding steroid dienone is 24. The van der Waals surface area contributed by atoms with E-state index in [1.54, 1.807) is 0 Å². The highest BCUT2D eigenvalue weighted by atomic mass is 16.6. The summed E-state index contributed by atoms with van der Waals surface area (Å²) in [6, 6.07) is 0. The van der Waals surface area contributed by atoms with Crippen molar-refractivity contribution in [1.29, 1.82) is 0 Å². The molecule has 1 unspecified atom stereocenters. The van der Waals surface area contributed by atoms with Crippen molar-refractivity contribution in [3.63, 3.8) is 0 Å². The van der Waals surface area contributed by atoms with Gasteiger partial charge in [0.2, 0.25) is 0 Å². The Bertz CT molecular complexity index is 1730. The predicted octanol–water partition coefficient (Wildman–Crippen LogP) is 22.3. The average Bonchev–Trinajstić information content (AvgIpc) is 3.45. The van der Waals surface area contributed by atoms with Crippen molar-refractivity contribution < 1.29 is 28.6 Å². The molecule has 446 valence electrons. The van der Waals surface area contributed by atoms with Gasteiger partial charge < -0.3 is 14.2 Å². The van der Waals surface area contributed by atoms with Gasteiger partial charge in [-0.3, -0.25) is 14.4 Å². The molecule has 0 rings (SSSR count). The van der Waals surface area contributed by atoms with Crippen LogP contribution in [0.25, 0.3) is 0 Å². The Balaban J connectivity index is 4.43. The van der Waals surface area contributed by atoms with Crippen LogP contribution in [0, 0.1) is 0 Å². The van der Waals surface area contributed by atoms with Crippen LogP contribution in [0.1, 0.15) is 278 Å². The minimum atomic E-state index is -0.810. The summed E-state index contributed by atoms with van der Waals surface area (Å²) in [5.74, 6) is -0.952. The summed E-state index contributed by atoms with van der Waals surface area (Å²) in [5.41, 5.74) is 0. The molecule has 0 aliphatic carbocycles. The zero-order valence-electron chi connectivity index (χ0n) is 51.1. The molecule has 0 bridgehead atoms. The Morgan fingerprint density at radius 2 is 0.494 bits per heavy atom. The molecule has 0 aliphatic heterocycles. The van der Waals surface area contributed by atoms with Crippen molar-refractivity contribution in [2.75, 3.05) is 13.2 Å². The molecule has 0 aromatic carbocycles. The van der Waals surface area contributed by atoms with Crippen molar-refractivity contribution >= 4 is 17.9 Å². The Morgan fingerprint density at radius 1 is 0.266 bits per heavy atom. The zero-order valence-corrected chi connectivity index (χ0v) is 51.1. The molecule has 0 saturated carbocycles. The van der Waals surface area contributed by atoms with Crippen molar-refractivity contribution in [2.45, 2.75) is 284 Å². The second-order valence-corrected chi connectivity index (χ2v) is 20.9. The van der Waals surface area contributed by atoms with E-state index < -0.39 is 6.10 Å². The summed E-state index contributed by atoms with van der Waals surface area (Å²) in [6.07, 6.45) is 94.2. The quantitative estimate of drug-likeness (QED) is 0.0261. The molecule has 6 nitrogen and oxygen atoms in total. The summed E-state index contributed by atoms with van der Waals surface area (Å²) in [4.78, 5) is 38.3. The van der Waals surface area contributed by atoms with E-state index >= 15 is 0 Å². The maximum atomic E-state index is 12.9. The molecule has 0 spiro atoms. The Hall–Kier alpha value is -4.71. The number of rotatable bonds is 57. The van der Waals surface area contributed by atoms with Crippen LogP contribution in [0.4, 0.5) is 0 Å². The van der Waals surface area contributed by atoms with E-state index in [1.807, 2.05) is 0 Å². The zero-order chi connectivity index (χ0) is 57.1. The van der Waals surface area contributed by atoms with Gasteiger partial charge in [-0.25, -0.2) is 0 Å². The summed E-state index contributed by atoms with van der Waals surface area (Å²) >= 11 is 0. The second-order valence-electron chi connectivity index (χ2n) is 20.9. The van der Waals surface area contributed by atoms with E-state index in [0.29, 0.717) is 19.3 Å². The average molecular weight is 1090 g/mol. The van der Waals surface area contributed by atoms with Gasteiger partial charge in [-0.2, -0.15) is 0 Å². The second kappa shape index (κ2) is 65.8. The molecule has 79 heavy (non-hydrogen) atoms. The highest BCUT2D eigenvalue weighted by molar-refractivity contribution is 5.71. The molecule has 0 aliphatic rings. The number of unbranched alkanes of at least 4 members (excludes halogenated alkanes) is 22. The SMILES string of the molecule is CC/C=C\C/C=C\C/C=C\C/C=C\C/C=C\C/C=C\CCCCCCCCCCC(=O)OCC(COC(=O)CCCCCCCCCCCCCCC)OC(=O)CCCC/C=C\C/C=C\C/C=C\C/C=C\C/C=C\C/C=C\CC. The van der Waals surface area contributed by atoms with Crippen molar-refractivity contribution in [2.24, 2.45) is 0 Å². The van der Waals surface area contributed by atoms with E-state index in [0.717, 1.165) is 135 Å². The van der Waals surface area contributed by atoms with Crippen molar-refractivity contribution in [3.8, 4) is 0 Å². The van der Waals surface area contributed by atoms with Gasteiger partial charge in [-0.15, -0.1) is 0 Å². The van der Waals surface area contributed by atoms with Crippen LogP contribution in [-0.2, 0) is 28.6 Å². The van der Waals surface area contributed by atoms with Crippen LogP contribution in [0.3, 0.4) is 0 Å². The fourth-order valence-electron chi connectivity index (χ4n) is 8.57. The summed E-state index contributed by atoms with van der Waals surface area (Å²) in [7, 11) is 0. The van der Waals surface area contributed by atoms with Gasteiger partial charge in [0.05, 0.1) is 0 Å². The predicted molar refractivity (Wildman–Crippen MR) is 343 cm³/mol. The lowest BCUT2D eigenvalue weighted by Crippen LogP contribution is -2.30. The van der Waals surface area contributed by atoms with E-state index in [1.165, 1.54) is 96.3 Å². The molecule has 6 heteroatoms. The van der Waals surface area contributed by atoms with Crippen molar-refractivity contribution in [1.82, 2.24) is 0 Å². The van der Waals surface area contributed by atoms with Crippen LogP contribution in [0.5, 0.6) is 0 Å². The van der Waals surface area contributed by atoms with E-state index in [4.69, 9.17) is 14.2 Å². The lowest BCUT2D eigenvalue weighted by Gasteiger charge is -2.18. The molecule has 0 radical (unpaired) electrons. The molecule has 0 amide bonds. The molecule has 1 atom stereocenters. The lowest BCUT2D eigenvalue weighted by atomic mass is 10.0. The fourth-order valence-corrected chi connectivity index (χ4v) is 8.57.